The summed E-state index contributed by atoms with van der Waals surface area (Å²) in [7, 11) is 5.24. The van der Waals surface area contributed by atoms with E-state index in [1.54, 1.807) is 14.2 Å². The number of amides is 1. The van der Waals surface area contributed by atoms with E-state index < -0.39 is 0 Å². The molecule has 3 aromatic rings. The molecule has 0 radical (unpaired) electrons. The van der Waals surface area contributed by atoms with Gasteiger partial charge in [-0.15, -0.1) is 0 Å². The van der Waals surface area contributed by atoms with Crippen LogP contribution >= 0.6 is 0 Å². The molecule has 1 heterocycles. The first kappa shape index (κ1) is 20.2. The Kier molecular flexibility index (Phi) is 5.91. The molecule has 1 aliphatic heterocycles. The standard InChI is InChI=1S/C25H28N2O3/c1-26(15-18-4-5-21-13-23(29-2)9-7-20(21)12-18)25(28)17-27-11-10-19-6-8-24(30-3)14-22(19)16-27/h4-9,12-14H,10-11,15-17H2,1-3H3. The number of hydrogen-bond acceptors (Lipinski definition) is 4. The molecule has 0 atom stereocenters. The van der Waals surface area contributed by atoms with E-state index in [9.17, 15) is 4.79 Å². The van der Waals surface area contributed by atoms with Crippen molar-refractivity contribution >= 4 is 16.7 Å². The third-order valence-electron chi connectivity index (χ3n) is 5.82. The number of rotatable bonds is 6. The first-order valence-electron chi connectivity index (χ1n) is 10.2. The lowest BCUT2D eigenvalue weighted by atomic mass is 9.99. The van der Waals surface area contributed by atoms with Crippen LogP contribution in [0.3, 0.4) is 0 Å². The van der Waals surface area contributed by atoms with Crippen LogP contribution in [0.1, 0.15) is 16.7 Å². The molecule has 156 valence electrons. The van der Waals surface area contributed by atoms with Crippen LogP contribution in [0, 0.1) is 0 Å². The fraction of sp³-hybridized carbons (Fsp3) is 0.320. The van der Waals surface area contributed by atoms with Gasteiger partial charge in [0.2, 0.25) is 5.91 Å². The zero-order valence-electron chi connectivity index (χ0n) is 17.9. The number of carbonyl (C=O) groups excluding carboxylic acids is 1. The van der Waals surface area contributed by atoms with Crippen LogP contribution in [0.4, 0.5) is 0 Å². The predicted molar refractivity (Wildman–Crippen MR) is 119 cm³/mol. The van der Waals surface area contributed by atoms with E-state index in [1.165, 1.54) is 11.1 Å². The van der Waals surface area contributed by atoms with E-state index in [1.807, 2.05) is 30.1 Å². The fourth-order valence-electron chi connectivity index (χ4n) is 4.03. The third kappa shape index (κ3) is 4.41. The number of fused-ring (bicyclic) bond motifs is 2. The number of likely N-dealkylation sites (N-methyl/N-ethyl adjacent to an activating group) is 1. The van der Waals surface area contributed by atoms with Crippen molar-refractivity contribution in [3.63, 3.8) is 0 Å². The summed E-state index contributed by atoms with van der Waals surface area (Å²) < 4.78 is 10.6. The summed E-state index contributed by atoms with van der Waals surface area (Å²) in [5.41, 5.74) is 3.72. The van der Waals surface area contributed by atoms with Gasteiger partial charge in [-0.05, 0) is 64.2 Å². The zero-order chi connectivity index (χ0) is 21.1. The predicted octanol–water partition coefficient (Wildman–Crippen LogP) is 3.87. The number of benzene rings is 3. The molecule has 0 saturated heterocycles. The third-order valence-corrected chi connectivity index (χ3v) is 5.82. The van der Waals surface area contributed by atoms with Crippen molar-refractivity contribution in [2.75, 3.05) is 34.4 Å². The monoisotopic (exact) mass is 404 g/mol. The molecule has 4 rings (SSSR count). The quantitative estimate of drug-likeness (QED) is 0.625. The molecule has 0 aromatic heterocycles. The molecule has 5 heteroatoms. The molecule has 5 nitrogen and oxygen atoms in total. The van der Waals surface area contributed by atoms with Gasteiger partial charge < -0.3 is 14.4 Å². The minimum atomic E-state index is 0.135. The second kappa shape index (κ2) is 8.76. The molecule has 0 spiro atoms. The van der Waals surface area contributed by atoms with Crippen LogP contribution in [-0.2, 0) is 24.3 Å². The zero-order valence-corrected chi connectivity index (χ0v) is 17.9. The van der Waals surface area contributed by atoms with E-state index in [2.05, 4.69) is 41.3 Å². The lowest BCUT2D eigenvalue weighted by Crippen LogP contribution is -2.40. The first-order chi connectivity index (χ1) is 14.6. The van der Waals surface area contributed by atoms with Gasteiger partial charge in [-0.1, -0.05) is 24.3 Å². The molecule has 0 fully saturated rings. The summed E-state index contributed by atoms with van der Waals surface area (Å²) in [6.07, 6.45) is 0.963. The first-order valence-corrected chi connectivity index (χ1v) is 10.2. The van der Waals surface area contributed by atoms with Gasteiger partial charge in [0.25, 0.3) is 0 Å². The molecule has 0 aliphatic carbocycles. The highest BCUT2D eigenvalue weighted by Crippen LogP contribution is 2.24. The van der Waals surface area contributed by atoms with Crippen molar-refractivity contribution in [3.8, 4) is 11.5 Å². The molecular weight excluding hydrogens is 376 g/mol. The van der Waals surface area contributed by atoms with E-state index in [-0.39, 0.29) is 5.91 Å². The van der Waals surface area contributed by atoms with Crippen LogP contribution < -0.4 is 9.47 Å². The Labute approximate surface area is 177 Å². The molecule has 1 aliphatic rings. The van der Waals surface area contributed by atoms with E-state index in [0.29, 0.717) is 13.1 Å². The minimum Gasteiger partial charge on any atom is -0.497 e. The van der Waals surface area contributed by atoms with Gasteiger partial charge in [0.1, 0.15) is 11.5 Å². The topological polar surface area (TPSA) is 42.0 Å². The van der Waals surface area contributed by atoms with Gasteiger partial charge in [0.05, 0.1) is 20.8 Å². The van der Waals surface area contributed by atoms with Gasteiger partial charge >= 0.3 is 0 Å². The van der Waals surface area contributed by atoms with Gasteiger partial charge in [0.15, 0.2) is 0 Å². The van der Waals surface area contributed by atoms with Crippen molar-refractivity contribution in [1.82, 2.24) is 9.80 Å². The lowest BCUT2D eigenvalue weighted by molar-refractivity contribution is -0.131. The van der Waals surface area contributed by atoms with Gasteiger partial charge in [0, 0.05) is 26.7 Å². The summed E-state index contributed by atoms with van der Waals surface area (Å²) in [6, 6.07) is 18.6. The van der Waals surface area contributed by atoms with Crippen LogP contribution in [0.15, 0.2) is 54.6 Å². The summed E-state index contributed by atoms with van der Waals surface area (Å²) in [6.45, 7) is 2.71. The largest absolute Gasteiger partial charge is 0.497 e. The molecule has 0 N–H and O–H groups in total. The average molecular weight is 405 g/mol. The Balaban J connectivity index is 1.38. The molecule has 1 amide bonds. The second-order valence-electron chi connectivity index (χ2n) is 7.89. The van der Waals surface area contributed by atoms with Crippen LogP contribution in [0.25, 0.3) is 10.8 Å². The molecule has 0 bridgehead atoms. The Morgan fingerprint density at radius 3 is 2.43 bits per heavy atom. The molecule has 30 heavy (non-hydrogen) atoms. The maximum Gasteiger partial charge on any atom is 0.236 e. The SMILES string of the molecule is COc1ccc2c(c1)CN(CC(=O)N(C)Cc1ccc3cc(OC)ccc3c1)CC2. The molecule has 0 saturated carbocycles. The Hall–Kier alpha value is -3.05. The highest BCUT2D eigenvalue weighted by Gasteiger charge is 2.20. The van der Waals surface area contributed by atoms with E-state index in [0.717, 1.165) is 47.3 Å². The number of ether oxygens (including phenoxy) is 2. The Bertz CT molecular complexity index is 1060. The highest BCUT2D eigenvalue weighted by atomic mass is 16.5. The number of hydrogen-bond donors (Lipinski definition) is 0. The van der Waals surface area contributed by atoms with E-state index in [4.69, 9.17) is 9.47 Å². The van der Waals surface area contributed by atoms with Crippen molar-refractivity contribution in [2.45, 2.75) is 19.5 Å². The smallest absolute Gasteiger partial charge is 0.236 e. The maximum absolute atomic E-state index is 12.8. The van der Waals surface area contributed by atoms with Gasteiger partial charge in [-0.25, -0.2) is 0 Å². The maximum atomic E-state index is 12.8. The summed E-state index contributed by atoms with van der Waals surface area (Å²) >= 11 is 0. The van der Waals surface area contributed by atoms with Crippen LogP contribution in [-0.4, -0.2) is 50.1 Å². The lowest BCUT2D eigenvalue weighted by Gasteiger charge is -2.30. The normalized spacial score (nSPS) is 13.7. The second-order valence-corrected chi connectivity index (χ2v) is 7.89. The average Bonchev–Trinajstić information content (AvgIpc) is 2.78. The van der Waals surface area contributed by atoms with Crippen LogP contribution in [0.5, 0.6) is 11.5 Å². The van der Waals surface area contributed by atoms with Gasteiger partial charge in [-0.3, -0.25) is 9.69 Å². The summed E-state index contributed by atoms with van der Waals surface area (Å²) in [5.74, 6) is 1.85. The summed E-state index contributed by atoms with van der Waals surface area (Å²) in [5, 5.41) is 2.28. The number of carbonyl (C=O) groups is 1. The van der Waals surface area contributed by atoms with Crippen molar-refractivity contribution in [3.05, 3.63) is 71.3 Å². The van der Waals surface area contributed by atoms with Crippen molar-refractivity contribution in [2.24, 2.45) is 0 Å². The number of nitrogens with zero attached hydrogens (tertiary/aromatic N) is 2. The Morgan fingerprint density at radius 1 is 0.933 bits per heavy atom. The van der Waals surface area contributed by atoms with Crippen molar-refractivity contribution in [1.29, 1.82) is 0 Å². The molecular formula is C25H28N2O3. The Morgan fingerprint density at radius 2 is 1.63 bits per heavy atom. The van der Waals surface area contributed by atoms with Crippen molar-refractivity contribution < 1.29 is 14.3 Å². The highest BCUT2D eigenvalue weighted by molar-refractivity contribution is 5.84. The molecule has 3 aromatic carbocycles. The molecule has 0 unspecified atom stereocenters. The summed E-state index contributed by atoms with van der Waals surface area (Å²) in [4.78, 5) is 16.9. The fourth-order valence-corrected chi connectivity index (χ4v) is 4.03. The van der Waals surface area contributed by atoms with E-state index >= 15 is 0 Å². The number of methoxy groups -OCH3 is 2. The van der Waals surface area contributed by atoms with Gasteiger partial charge in [-0.2, -0.15) is 0 Å². The minimum absolute atomic E-state index is 0.135. The van der Waals surface area contributed by atoms with Crippen LogP contribution in [0.2, 0.25) is 0 Å².